The molecule has 2 bridgehead atoms. The van der Waals surface area contributed by atoms with Gasteiger partial charge in [-0.25, -0.2) is 4.79 Å². The van der Waals surface area contributed by atoms with Crippen LogP contribution in [0.2, 0.25) is 0 Å². The highest BCUT2D eigenvalue weighted by Gasteiger charge is 2.65. The molecule has 4 unspecified atom stereocenters. The molecule has 3 heterocycles. The summed E-state index contributed by atoms with van der Waals surface area (Å²) < 4.78 is 11.6. The van der Waals surface area contributed by atoms with Gasteiger partial charge in [0.25, 0.3) is 5.91 Å². The van der Waals surface area contributed by atoms with Gasteiger partial charge in [-0.2, -0.15) is 0 Å². The molecule has 4 atom stereocenters. The molecule has 2 aliphatic rings. The van der Waals surface area contributed by atoms with Gasteiger partial charge in [0, 0.05) is 18.3 Å². The van der Waals surface area contributed by atoms with Crippen molar-refractivity contribution in [1.82, 2.24) is 4.98 Å². The van der Waals surface area contributed by atoms with Gasteiger partial charge in [-0.05, 0) is 36.2 Å². The summed E-state index contributed by atoms with van der Waals surface area (Å²) in [5, 5.41) is 17.6. The maximum atomic E-state index is 13.4. The quantitative estimate of drug-likeness (QED) is 0.421. The van der Waals surface area contributed by atoms with Crippen molar-refractivity contribution in [3.8, 4) is 0 Å². The van der Waals surface area contributed by atoms with E-state index in [0.717, 1.165) is 11.3 Å². The van der Waals surface area contributed by atoms with Gasteiger partial charge in [-0.1, -0.05) is 48.5 Å². The van der Waals surface area contributed by atoms with Crippen LogP contribution in [0.5, 0.6) is 0 Å². The molecule has 8 nitrogen and oxygen atoms in total. The molecule has 5 rings (SSSR count). The van der Waals surface area contributed by atoms with Crippen LogP contribution in [0, 0.1) is 0 Å². The standard InChI is InChI=1S/C28H27N3O5/c1-35-27(34)25-24(26(33)31-20-13-8-14-29-17-20)21-16-23(32)28(25,36-21)22(15-18-9-4-2-5-10-18)30-19-11-6-3-7-12-19/h2-14,17,21-23,30,32H,15-16H2,1H3,(H,31,33). The number of amides is 1. The fourth-order valence-electron chi connectivity index (χ4n) is 5.16. The first kappa shape index (κ1) is 23.7. The van der Waals surface area contributed by atoms with Crippen molar-refractivity contribution in [2.45, 2.75) is 36.7 Å². The first-order valence-electron chi connectivity index (χ1n) is 11.8. The minimum Gasteiger partial charge on any atom is -0.466 e. The Morgan fingerprint density at radius 2 is 1.78 bits per heavy atom. The first-order chi connectivity index (χ1) is 17.5. The number of esters is 1. The predicted octanol–water partition coefficient (Wildman–Crippen LogP) is 3.12. The highest BCUT2D eigenvalue weighted by molar-refractivity contribution is 6.11. The number of hydrogen-bond donors (Lipinski definition) is 3. The van der Waals surface area contributed by atoms with Crippen LogP contribution in [0.1, 0.15) is 12.0 Å². The van der Waals surface area contributed by atoms with Crippen LogP contribution in [-0.4, -0.2) is 52.9 Å². The van der Waals surface area contributed by atoms with E-state index >= 15 is 0 Å². The van der Waals surface area contributed by atoms with E-state index in [1.165, 1.54) is 13.3 Å². The second-order valence-corrected chi connectivity index (χ2v) is 8.88. The normalized spacial score (nSPS) is 23.3. The number of benzene rings is 2. The number of carbonyl (C=O) groups excluding carboxylic acids is 2. The SMILES string of the molecule is COC(=O)C1=C(C(=O)Nc2cccnc2)C2CC(O)C1(C(Cc1ccccc1)Nc1ccccc1)O2. The molecule has 1 saturated heterocycles. The number of ether oxygens (including phenoxy) is 2. The summed E-state index contributed by atoms with van der Waals surface area (Å²) in [7, 11) is 1.26. The molecule has 1 amide bonds. The summed E-state index contributed by atoms with van der Waals surface area (Å²) in [6, 6.07) is 22.1. The van der Waals surface area contributed by atoms with Gasteiger partial charge in [-0.3, -0.25) is 9.78 Å². The third-order valence-corrected chi connectivity index (χ3v) is 6.72. The Hall–Kier alpha value is -4.01. The van der Waals surface area contributed by atoms with E-state index in [-0.39, 0.29) is 17.6 Å². The molecule has 1 aromatic heterocycles. The van der Waals surface area contributed by atoms with Crippen molar-refractivity contribution in [1.29, 1.82) is 0 Å². The van der Waals surface area contributed by atoms with Crippen LogP contribution in [-0.2, 0) is 25.5 Å². The number of carbonyl (C=O) groups is 2. The summed E-state index contributed by atoms with van der Waals surface area (Å²) in [6.07, 6.45) is 1.93. The summed E-state index contributed by atoms with van der Waals surface area (Å²) in [5.74, 6) is -1.19. The van der Waals surface area contributed by atoms with Gasteiger partial charge in [0.1, 0.15) is 5.60 Å². The van der Waals surface area contributed by atoms with Crippen LogP contribution < -0.4 is 10.6 Å². The molecule has 8 heteroatoms. The van der Waals surface area contributed by atoms with Gasteiger partial charge in [0.05, 0.1) is 48.4 Å². The lowest BCUT2D eigenvalue weighted by Gasteiger charge is -2.40. The monoisotopic (exact) mass is 485 g/mol. The maximum absolute atomic E-state index is 13.4. The maximum Gasteiger partial charge on any atom is 0.337 e. The minimum atomic E-state index is -1.49. The van der Waals surface area contributed by atoms with Gasteiger partial charge in [0.2, 0.25) is 0 Å². The third kappa shape index (κ3) is 4.25. The lowest BCUT2D eigenvalue weighted by Crippen LogP contribution is -2.57. The minimum absolute atomic E-state index is 0.0412. The van der Waals surface area contributed by atoms with Crippen molar-refractivity contribution in [2.24, 2.45) is 0 Å². The van der Waals surface area contributed by atoms with Crippen LogP contribution >= 0.6 is 0 Å². The number of fused-ring (bicyclic) bond motifs is 2. The number of aromatic nitrogens is 1. The summed E-state index contributed by atoms with van der Waals surface area (Å²) in [5.41, 5.74) is 0.982. The van der Waals surface area contributed by atoms with E-state index in [9.17, 15) is 14.7 Å². The molecule has 1 fully saturated rings. The van der Waals surface area contributed by atoms with Crippen LogP contribution in [0.15, 0.2) is 96.3 Å². The molecule has 2 aromatic carbocycles. The molecule has 3 N–H and O–H groups in total. The van der Waals surface area contributed by atoms with Gasteiger partial charge in [0.15, 0.2) is 0 Å². The fourth-order valence-corrected chi connectivity index (χ4v) is 5.16. The largest absolute Gasteiger partial charge is 0.466 e. The van der Waals surface area contributed by atoms with E-state index in [1.807, 2.05) is 60.7 Å². The Morgan fingerprint density at radius 3 is 2.44 bits per heavy atom. The Labute approximate surface area is 209 Å². The zero-order chi connectivity index (χ0) is 25.1. The number of aliphatic hydroxyl groups excluding tert-OH is 1. The van der Waals surface area contributed by atoms with Gasteiger partial charge < -0.3 is 25.2 Å². The van der Waals surface area contributed by atoms with Crippen LogP contribution in [0.4, 0.5) is 11.4 Å². The van der Waals surface area contributed by atoms with E-state index in [4.69, 9.17) is 9.47 Å². The Kier molecular flexibility index (Phi) is 6.54. The van der Waals surface area contributed by atoms with Crippen LogP contribution in [0.3, 0.4) is 0 Å². The molecule has 184 valence electrons. The Morgan fingerprint density at radius 1 is 1.08 bits per heavy atom. The molecule has 36 heavy (non-hydrogen) atoms. The predicted molar refractivity (Wildman–Crippen MR) is 134 cm³/mol. The van der Waals surface area contributed by atoms with Crippen molar-refractivity contribution in [2.75, 3.05) is 17.7 Å². The Balaban J connectivity index is 1.60. The number of pyridine rings is 1. The summed E-state index contributed by atoms with van der Waals surface area (Å²) >= 11 is 0. The highest BCUT2D eigenvalue weighted by Crippen LogP contribution is 2.51. The van der Waals surface area contributed by atoms with E-state index in [2.05, 4.69) is 15.6 Å². The molecular formula is C28H27N3O5. The fraction of sp³-hybridized carbons (Fsp3) is 0.250. The van der Waals surface area contributed by atoms with Crippen molar-refractivity contribution in [3.05, 3.63) is 102 Å². The highest BCUT2D eigenvalue weighted by atomic mass is 16.6. The van der Waals surface area contributed by atoms with Gasteiger partial charge in [-0.15, -0.1) is 0 Å². The van der Waals surface area contributed by atoms with Gasteiger partial charge >= 0.3 is 5.97 Å². The second kappa shape index (κ2) is 9.93. The summed E-state index contributed by atoms with van der Waals surface area (Å²) in [4.78, 5) is 30.7. The average Bonchev–Trinajstić information content (AvgIpc) is 3.43. The number of aliphatic hydroxyl groups is 1. The zero-order valence-electron chi connectivity index (χ0n) is 19.8. The zero-order valence-corrected chi connectivity index (χ0v) is 19.8. The van der Waals surface area contributed by atoms with E-state index in [0.29, 0.717) is 12.1 Å². The molecule has 3 aromatic rings. The Bertz CT molecular complexity index is 1220. The van der Waals surface area contributed by atoms with Crippen molar-refractivity contribution < 1.29 is 24.2 Å². The molecule has 0 saturated carbocycles. The van der Waals surface area contributed by atoms with Crippen molar-refractivity contribution >= 4 is 23.3 Å². The molecule has 0 aliphatic carbocycles. The second-order valence-electron chi connectivity index (χ2n) is 8.88. The van der Waals surface area contributed by atoms with E-state index < -0.39 is 35.7 Å². The number of hydrogen-bond acceptors (Lipinski definition) is 7. The smallest absolute Gasteiger partial charge is 0.337 e. The third-order valence-electron chi connectivity index (χ3n) is 6.72. The van der Waals surface area contributed by atoms with Crippen LogP contribution in [0.25, 0.3) is 0 Å². The molecule has 2 aliphatic heterocycles. The molecular weight excluding hydrogens is 458 g/mol. The lowest BCUT2D eigenvalue weighted by molar-refractivity contribution is -0.140. The lowest BCUT2D eigenvalue weighted by atomic mass is 9.73. The number of nitrogens with one attached hydrogen (secondary N) is 2. The number of methoxy groups -OCH3 is 1. The number of rotatable bonds is 8. The van der Waals surface area contributed by atoms with E-state index in [1.54, 1.807) is 18.3 Å². The van der Waals surface area contributed by atoms with Crippen molar-refractivity contribution in [3.63, 3.8) is 0 Å². The molecule has 0 spiro atoms. The topological polar surface area (TPSA) is 110 Å². The number of nitrogens with zero attached hydrogens (tertiary/aromatic N) is 1. The average molecular weight is 486 g/mol. The molecule has 0 radical (unpaired) electrons. The first-order valence-corrected chi connectivity index (χ1v) is 11.8. The number of para-hydroxylation sites is 1. The summed E-state index contributed by atoms with van der Waals surface area (Å²) in [6.45, 7) is 0. The number of anilines is 2.